The number of likely N-dealkylation sites (N-methyl/N-ethyl adjacent to an activating group) is 1. The molecule has 0 N–H and O–H groups in total. The van der Waals surface area contributed by atoms with Gasteiger partial charge in [0.15, 0.2) is 5.78 Å². The molecule has 0 bridgehead atoms. The topological polar surface area (TPSA) is 20.3 Å². The van der Waals surface area contributed by atoms with Crippen molar-refractivity contribution in [2.75, 3.05) is 20.1 Å². The van der Waals surface area contributed by atoms with Gasteiger partial charge in [0, 0.05) is 34.3 Å². The predicted octanol–water partition coefficient (Wildman–Crippen LogP) is 5.40. The molecular weight excluding hydrogens is 377 g/mol. The van der Waals surface area contributed by atoms with Crippen molar-refractivity contribution >= 4 is 53.5 Å². The number of hydrogen-bond donors (Lipinski definition) is 0. The van der Waals surface area contributed by atoms with Crippen LogP contribution in [0.4, 0.5) is 0 Å². The fraction of sp³-hybridized carbons (Fsp3) is 0.150. The highest BCUT2D eigenvalue weighted by Crippen LogP contribution is 2.22. The molecule has 0 saturated carbocycles. The minimum absolute atomic E-state index is 0. The van der Waals surface area contributed by atoms with E-state index in [4.69, 9.17) is 23.2 Å². The molecule has 2 aromatic rings. The SMILES string of the molecule is CN1CC(=Cc2ccc(Cl)cc2)C(=O)C(=Cc2ccc(Cl)cc2)C1.Cl. The van der Waals surface area contributed by atoms with Gasteiger partial charge >= 0.3 is 0 Å². The van der Waals surface area contributed by atoms with Gasteiger partial charge in [-0.1, -0.05) is 47.5 Å². The molecule has 1 heterocycles. The van der Waals surface area contributed by atoms with E-state index in [0.29, 0.717) is 23.1 Å². The zero-order chi connectivity index (χ0) is 17.1. The van der Waals surface area contributed by atoms with Crippen molar-refractivity contribution < 1.29 is 4.79 Å². The zero-order valence-electron chi connectivity index (χ0n) is 13.7. The lowest BCUT2D eigenvalue weighted by atomic mass is 9.94. The molecule has 130 valence electrons. The van der Waals surface area contributed by atoms with Crippen LogP contribution in [0.15, 0.2) is 59.7 Å². The van der Waals surface area contributed by atoms with Gasteiger partial charge in [-0.15, -0.1) is 12.4 Å². The van der Waals surface area contributed by atoms with E-state index in [-0.39, 0.29) is 18.2 Å². The molecule has 0 amide bonds. The second kappa shape index (κ2) is 8.68. The highest BCUT2D eigenvalue weighted by Gasteiger charge is 2.23. The van der Waals surface area contributed by atoms with Crippen molar-refractivity contribution in [2.24, 2.45) is 0 Å². The minimum Gasteiger partial charge on any atom is -0.298 e. The van der Waals surface area contributed by atoms with E-state index in [1.807, 2.05) is 67.7 Å². The van der Waals surface area contributed by atoms with E-state index in [9.17, 15) is 4.79 Å². The smallest absolute Gasteiger partial charge is 0.187 e. The Bertz CT molecular complexity index is 740. The van der Waals surface area contributed by atoms with Crippen LogP contribution < -0.4 is 0 Å². The predicted molar refractivity (Wildman–Crippen MR) is 109 cm³/mol. The molecule has 0 aromatic heterocycles. The number of hydrogen-bond acceptors (Lipinski definition) is 2. The van der Waals surface area contributed by atoms with Crippen molar-refractivity contribution in [2.45, 2.75) is 0 Å². The maximum atomic E-state index is 12.8. The Morgan fingerprint density at radius 2 is 1.16 bits per heavy atom. The summed E-state index contributed by atoms with van der Waals surface area (Å²) in [6, 6.07) is 15.0. The fourth-order valence-corrected chi connectivity index (χ4v) is 2.98. The van der Waals surface area contributed by atoms with E-state index < -0.39 is 0 Å². The van der Waals surface area contributed by atoms with Crippen molar-refractivity contribution in [1.82, 2.24) is 4.90 Å². The second-order valence-corrected chi connectivity index (χ2v) is 6.82. The van der Waals surface area contributed by atoms with Gasteiger partial charge in [-0.05, 0) is 54.6 Å². The van der Waals surface area contributed by atoms with Gasteiger partial charge in [0.1, 0.15) is 0 Å². The van der Waals surface area contributed by atoms with Crippen molar-refractivity contribution in [3.63, 3.8) is 0 Å². The van der Waals surface area contributed by atoms with E-state index in [1.165, 1.54) is 0 Å². The molecule has 2 aromatic carbocycles. The maximum absolute atomic E-state index is 12.8. The summed E-state index contributed by atoms with van der Waals surface area (Å²) >= 11 is 11.8. The highest BCUT2D eigenvalue weighted by molar-refractivity contribution is 6.30. The first-order valence-corrected chi connectivity index (χ1v) is 8.42. The van der Waals surface area contributed by atoms with Crippen molar-refractivity contribution in [3.05, 3.63) is 80.8 Å². The molecule has 2 nitrogen and oxygen atoms in total. The summed E-state index contributed by atoms with van der Waals surface area (Å²) in [5.74, 6) is 0.0954. The van der Waals surface area contributed by atoms with E-state index in [2.05, 4.69) is 4.90 Å². The van der Waals surface area contributed by atoms with Gasteiger partial charge in [0.25, 0.3) is 0 Å². The lowest BCUT2D eigenvalue weighted by molar-refractivity contribution is -0.113. The van der Waals surface area contributed by atoms with Gasteiger partial charge in [-0.3, -0.25) is 9.69 Å². The molecular formula is C20H18Cl3NO. The zero-order valence-corrected chi connectivity index (χ0v) is 16.0. The quantitative estimate of drug-likeness (QED) is 0.636. The van der Waals surface area contributed by atoms with Gasteiger partial charge in [0.2, 0.25) is 0 Å². The Kier molecular flexibility index (Phi) is 6.86. The second-order valence-electron chi connectivity index (χ2n) is 5.94. The van der Waals surface area contributed by atoms with Crippen LogP contribution in [0.3, 0.4) is 0 Å². The van der Waals surface area contributed by atoms with Crippen molar-refractivity contribution in [1.29, 1.82) is 0 Å². The Morgan fingerprint density at radius 1 is 0.800 bits per heavy atom. The largest absolute Gasteiger partial charge is 0.298 e. The molecule has 0 aliphatic carbocycles. The summed E-state index contributed by atoms with van der Waals surface area (Å²) in [6.07, 6.45) is 3.87. The summed E-state index contributed by atoms with van der Waals surface area (Å²) in [5, 5.41) is 1.38. The normalized spacial score (nSPS) is 18.4. The average Bonchev–Trinajstić information content (AvgIpc) is 2.56. The molecule has 3 rings (SSSR count). The van der Waals surface area contributed by atoms with Crippen LogP contribution in [0.2, 0.25) is 10.0 Å². The summed E-state index contributed by atoms with van der Waals surface area (Å²) in [5.41, 5.74) is 3.52. The maximum Gasteiger partial charge on any atom is 0.187 e. The number of carbonyl (C=O) groups is 1. The van der Waals surface area contributed by atoms with Gasteiger partial charge in [-0.2, -0.15) is 0 Å². The Labute approximate surface area is 164 Å². The molecule has 1 saturated heterocycles. The first-order valence-electron chi connectivity index (χ1n) is 7.67. The molecule has 25 heavy (non-hydrogen) atoms. The number of ketones is 1. The number of piperidine rings is 1. The number of benzene rings is 2. The van der Waals surface area contributed by atoms with E-state index in [1.54, 1.807) is 0 Å². The first-order chi connectivity index (χ1) is 11.5. The third-order valence-corrected chi connectivity index (χ3v) is 4.39. The van der Waals surface area contributed by atoms with Crippen LogP contribution in [0.5, 0.6) is 0 Å². The molecule has 1 aliphatic rings. The number of likely N-dealkylation sites (tertiary alicyclic amines) is 1. The van der Waals surface area contributed by atoms with Gasteiger partial charge in [-0.25, -0.2) is 0 Å². The molecule has 1 aliphatic heterocycles. The first kappa shape index (κ1) is 19.7. The monoisotopic (exact) mass is 393 g/mol. The molecule has 0 unspecified atom stereocenters. The molecule has 0 spiro atoms. The Morgan fingerprint density at radius 3 is 1.52 bits per heavy atom. The molecule has 0 atom stereocenters. The number of Topliss-reactive ketones (excluding diaryl/α,β-unsaturated/α-hetero) is 1. The van der Waals surface area contributed by atoms with E-state index in [0.717, 1.165) is 22.3 Å². The lowest BCUT2D eigenvalue weighted by Crippen LogP contribution is -2.34. The Balaban J connectivity index is 0.00000225. The van der Waals surface area contributed by atoms with Crippen LogP contribution >= 0.6 is 35.6 Å². The summed E-state index contributed by atoms with van der Waals surface area (Å²) in [6.45, 7) is 1.28. The summed E-state index contributed by atoms with van der Waals surface area (Å²) in [4.78, 5) is 14.9. The lowest BCUT2D eigenvalue weighted by Gasteiger charge is -2.26. The van der Waals surface area contributed by atoms with E-state index >= 15 is 0 Å². The number of carbonyl (C=O) groups excluding carboxylic acids is 1. The van der Waals surface area contributed by atoms with Crippen molar-refractivity contribution in [3.8, 4) is 0 Å². The summed E-state index contributed by atoms with van der Waals surface area (Å²) < 4.78 is 0. The van der Waals surface area contributed by atoms with Gasteiger partial charge in [0.05, 0.1) is 0 Å². The van der Waals surface area contributed by atoms with Crippen LogP contribution in [-0.2, 0) is 4.79 Å². The minimum atomic E-state index is 0. The number of halogens is 3. The fourth-order valence-electron chi connectivity index (χ4n) is 2.73. The Hall–Kier alpha value is -1.58. The van der Waals surface area contributed by atoms with Crippen LogP contribution in [-0.4, -0.2) is 30.8 Å². The molecule has 5 heteroatoms. The third-order valence-electron chi connectivity index (χ3n) is 3.89. The van der Waals surface area contributed by atoms with Crippen LogP contribution in [0.25, 0.3) is 12.2 Å². The number of nitrogens with zero attached hydrogens (tertiary/aromatic N) is 1. The average molecular weight is 395 g/mol. The van der Waals surface area contributed by atoms with Gasteiger partial charge < -0.3 is 0 Å². The van der Waals surface area contributed by atoms with Crippen LogP contribution in [0, 0.1) is 0 Å². The third kappa shape index (κ3) is 5.20. The highest BCUT2D eigenvalue weighted by atomic mass is 35.5. The molecule has 0 radical (unpaired) electrons. The summed E-state index contributed by atoms with van der Waals surface area (Å²) in [7, 11) is 2.01. The van der Waals surface area contributed by atoms with Crippen LogP contribution in [0.1, 0.15) is 11.1 Å². The standard InChI is InChI=1S/C20H17Cl2NO.ClH/c1-23-12-16(10-14-2-6-18(21)7-3-14)20(24)17(13-23)11-15-4-8-19(22)9-5-15;/h2-11H,12-13H2,1H3;1H. The molecule has 1 fully saturated rings. The number of rotatable bonds is 2.